The zero-order valence-electron chi connectivity index (χ0n) is 12.2. The summed E-state index contributed by atoms with van der Waals surface area (Å²) >= 11 is 0. The van der Waals surface area contributed by atoms with Crippen LogP contribution in [0.5, 0.6) is 0 Å². The maximum atomic E-state index is 12.3. The summed E-state index contributed by atoms with van der Waals surface area (Å²) < 4.78 is 0. The minimum Gasteiger partial charge on any atom is -0.393 e. The van der Waals surface area contributed by atoms with Crippen molar-refractivity contribution in [3.05, 3.63) is 35.5 Å². The van der Waals surface area contributed by atoms with E-state index in [1.54, 1.807) is 6.92 Å². The summed E-state index contributed by atoms with van der Waals surface area (Å²) in [5.41, 5.74) is 2.57. The fourth-order valence-electron chi connectivity index (χ4n) is 2.59. The predicted octanol–water partition coefficient (Wildman–Crippen LogP) is 2.61. The van der Waals surface area contributed by atoms with E-state index < -0.39 is 0 Å². The van der Waals surface area contributed by atoms with E-state index in [4.69, 9.17) is 0 Å². The Morgan fingerprint density at radius 1 is 1.35 bits per heavy atom. The predicted molar refractivity (Wildman–Crippen MR) is 80.8 cm³/mol. The van der Waals surface area contributed by atoms with E-state index in [2.05, 4.69) is 10.3 Å². The third-order valence-corrected chi connectivity index (χ3v) is 3.48. The third-order valence-electron chi connectivity index (χ3n) is 3.48. The second kappa shape index (κ2) is 6.09. The molecule has 4 nitrogen and oxygen atoms in total. The Hall–Kier alpha value is -1.81. The highest BCUT2D eigenvalue weighted by Crippen LogP contribution is 2.21. The van der Waals surface area contributed by atoms with Crippen molar-refractivity contribution < 1.29 is 9.90 Å². The van der Waals surface area contributed by atoms with Crippen LogP contribution in [-0.2, 0) is 0 Å². The highest BCUT2D eigenvalue weighted by atomic mass is 16.3. The molecule has 0 aliphatic carbocycles. The van der Waals surface area contributed by atoms with Crippen molar-refractivity contribution in [3.8, 4) is 0 Å². The zero-order chi connectivity index (χ0) is 14.7. The summed E-state index contributed by atoms with van der Waals surface area (Å²) in [6, 6.07) is 7.80. The van der Waals surface area contributed by atoms with Gasteiger partial charge in [-0.2, -0.15) is 0 Å². The molecule has 20 heavy (non-hydrogen) atoms. The van der Waals surface area contributed by atoms with Gasteiger partial charge in [-0.05, 0) is 32.3 Å². The van der Waals surface area contributed by atoms with Crippen LogP contribution in [0, 0.1) is 12.8 Å². The average Bonchev–Trinajstić information content (AvgIpc) is 2.71. The molecule has 0 fully saturated rings. The van der Waals surface area contributed by atoms with Gasteiger partial charge in [-0.3, -0.25) is 4.79 Å². The van der Waals surface area contributed by atoms with Crippen LogP contribution in [0.2, 0.25) is 0 Å². The van der Waals surface area contributed by atoms with Crippen LogP contribution >= 0.6 is 0 Å². The van der Waals surface area contributed by atoms with Crippen LogP contribution in [0.15, 0.2) is 24.3 Å². The molecule has 0 bridgehead atoms. The third kappa shape index (κ3) is 3.20. The summed E-state index contributed by atoms with van der Waals surface area (Å²) in [6.45, 7) is 6.27. The van der Waals surface area contributed by atoms with Crippen LogP contribution in [0.25, 0.3) is 10.9 Å². The van der Waals surface area contributed by atoms with Crippen LogP contribution in [0.3, 0.4) is 0 Å². The molecule has 0 saturated carbocycles. The van der Waals surface area contributed by atoms with Crippen LogP contribution in [0.1, 0.15) is 36.3 Å². The highest BCUT2D eigenvalue weighted by Gasteiger charge is 2.16. The second-order valence-electron chi connectivity index (χ2n) is 5.57. The van der Waals surface area contributed by atoms with Crippen molar-refractivity contribution in [2.45, 2.75) is 33.3 Å². The number of carbonyl (C=O) groups is 1. The molecule has 0 saturated heterocycles. The summed E-state index contributed by atoms with van der Waals surface area (Å²) in [6.07, 6.45) is 0.351. The number of hydrogen-bond donors (Lipinski definition) is 3. The Bertz CT molecular complexity index is 602. The lowest BCUT2D eigenvalue weighted by molar-refractivity contribution is 0.0940. The van der Waals surface area contributed by atoms with Gasteiger partial charge in [0.1, 0.15) is 0 Å². The topological polar surface area (TPSA) is 65.1 Å². The maximum Gasteiger partial charge on any atom is 0.253 e. The van der Waals surface area contributed by atoms with Crippen molar-refractivity contribution in [1.29, 1.82) is 0 Å². The number of hydrogen-bond acceptors (Lipinski definition) is 2. The van der Waals surface area contributed by atoms with Gasteiger partial charge in [-0.1, -0.05) is 25.1 Å². The molecule has 1 aromatic heterocycles. The number of aromatic nitrogens is 1. The van der Waals surface area contributed by atoms with Gasteiger partial charge in [-0.15, -0.1) is 0 Å². The first-order valence-electron chi connectivity index (χ1n) is 7.02. The zero-order valence-corrected chi connectivity index (χ0v) is 12.2. The Morgan fingerprint density at radius 2 is 2.05 bits per heavy atom. The standard InChI is InChI=1S/C16H22N2O2/c1-10(8-11(2)19)9-17-16(20)15-12(3)18-14-7-5-4-6-13(14)15/h4-7,10-11,18-19H,8-9H2,1-3H3,(H,17,20). The molecule has 0 radical (unpaired) electrons. The van der Waals surface area contributed by atoms with Crippen molar-refractivity contribution in [2.24, 2.45) is 5.92 Å². The first kappa shape index (κ1) is 14.6. The molecule has 3 N–H and O–H groups in total. The number of benzene rings is 1. The fourth-order valence-corrected chi connectivity index (χ4v) is 2.59. The van der Waals surface area contributed by atoms with Crippen LogP contribution in [0.4, 0.5) is 0 Å². The number of para-hydroxylation sites is 1. The molecule has 2 atom stereocenters. The minimum atomic E-state index is -0.336. The number of H-pyrrole nitrogens is 1. The van der Waals surface area contributed by atoms with Gasteiger partial charge in [0.25, 0.3) is 5.91 Å². The smallest absolute Gasteiger partial charge is 0.253 e. The SMILES string of the molecule is Cc1[nH]c2ccccc2c1C(=O)NCC(C)CC(C)O. The second-order valence-corrected chi connectivity index (χ2v) is 5.57. The van der Waals surface area contributed by atoms with E-state index in [0.717, 1.165) is 16.6 Å². The molecular weight excluding hydrogens is 252 g/mol. The quantitative estimate of drug-likeness (QED) is 0.784. The molecule has 2 rings (SSSR count). The highest BCUT2D eigenvalue weighted by molar-refractivity contribution is 6.08. The number of aliphatic hydroxyl groups is 1. The monoisotopic (exact) mass is 274 g/mol. The Balaban J connectivity index is 2.10. The molecule has 4 heteroatoms. The molecule has 0 spiro atoms. The van der Waals surface area contributed by atoms with Gasteiger partial charge >= 0.3 is 0 Å². The van der Waals surface area contributed by atoms with Crippen molar-refractivity contribution in [2.75, 3.05) is 6.54 Å². The van der Waals surface area contributed by atoms with Crippen LogP contribution in [-0.4, -0.2) is 28.6 Å². The van der Waals surface area contributed by atoms with Gasteiger partial charge in [-0.25, -0.2) is 0 Å². The van der Waals surface area contributed by atoms with E-state index in [1.807, 2.05) is 38.1 Å². The number of aromatic amines is 1. The van der Waals surface area contributed by atoms with Gasteiger partial charge < -0.3 is 15.4 Å². The van der Waals surface area contributed by atoms with Crippen molar-refractivity contribution in [1.82, 2.24) is 10.3 Å². The first-order chi connectivity index (χ1) is 9.49. The van der Waals surface area contributed by atoms with E-state index >= 15 is 0 Å². The van der Waals surface area contributed by atoms with Gasteiger partial charge in [0, 0.05) is 23.1 Å². The van der Waals surface area contributed by atoms with Crippen LogP contribution < -0.4 is 5.32 Å². The summed E-state index contributed by atoms with van der Waals surface area (Å²) in [5, 5.41) is 13.2. The summed E-state index contributed by atoms with van der Waals surface area (Å²) in [4.78, 5) is 15.6. The van der Waals surface area contributed by atoms with Gasteiger partial charge in [0.05, 0.1) is 11.7 Å². The number of fused-ring (bicyclic) bond motifs is 1. The average molecular weight is 274 g/mol. The number of amides is 1. The lowest BCUT2D eigenvalue weighted by Crippen LogP contribution is -2.29. The maximum absolute atomic E-state index is 12.3. The lowest BCUT2D eigenvalue weighted by Gasteiger charge is -2.14. The van der Waals surface area contributed by atoms with Gasteiger partial charge in [0.2, 0.25) is 0 Å². The number of rotatable bonds is 5. The minimum absolute atomic E-state index is 0.0580. The van der Waals surface area contributed by atoms with E-state index in [9.17, 15) is 9.90 Å². The number of nitrogens with one attached hydrogen (secondary N) is 2. The van der Waals surface area contributed by atoms with E-state index in [0.29, 0.717) is 18.5 Å². The summed E-state index contributed by atoms with van der Waals surface area (Å²) in [5.74, 6) is 0.196. The number of aryl methyl sites for hydroxylation is 1. The van der Waals surface area contributed by atoms with Crippen molar-refractivity contribution >= 4 is 16.8 Å². The van der Waals surface area contributed by atoms with E-state index in [1.165, 1.54) is 0 Å². The fraction of sp³-hybridized carbons (Fsp3) is 0.438. The summed E-state index contributed by atoms with van der Waals surface area (Å²) in [7, 11) is 0. The Labute approximate surface area is 119 Å². The Kier molecular flexibility index (Phi) is 4.45. The first-order valence-corrected chi connectivity index (χ1v) is 7.02. The lowest BCUT2D eigenvalue weighted by atomic mass is 10.0. The molecular formula is C16H22N2O2. The molecule has 108 valence electrons. The molecule has 2 aromatic rings. The normalized spacial score (nSPS) is 14.2. The number of carbonyl (C=O) groups excluding carboxylic acids is 1. The molecule has 2 unspecified atom stereocenters. The molecule has 0 aliphatic heterocycles. The molecule has 1 aromatic carbocycles. The number of aliphatic hydroxyl groups excluding tert-OH is 1. The largest absolute Gasteiger partial charge is 0.393 e. The van der Waals surface area contributed by atoms with Crippen molar-refractivity contribution in [3.63, 3.8) is 0 Å². The van der Waals surface area contributed by atoms with Gasteiger partial charge in [0.15, 0.2) is 0 Å². The molecule has 0 aliphatic rings. The molecule has 1 amide bonds. The van der Waals surface area contributed by atoms with E-state index in [-0.39, 0.29) is 17.9 Å². The Morgan fingerprint density at radius 3 is 2.75 bits per heavy atom. The molecule has 1 heterocycles.